The van der Waals surface area contributed by atoms with Crippen molar-refractivity contribution in [3.8, 4) is 0 Å². The molecule has 1 aliphatic heterocycles. The molecule has 2 atom stereocenters. The third-order valence-electron chi connectivity index (χ3n) is 4.36. The topological polar surface area (TPSA) is 113 Å². The predicted molar refractivity (Wildman–Crippen MR) is 94.7 cm³/mol. The molecule has 7 nitrogen and oxygen atoms in total. The Morgan fingerprint density at radius 2 is 1.88 bits per heavy atom. The maximum atomic E-state index is 12.3. The van der Waals surface area contributed by atoms with Crippen LogP contribution in [0.3, 0.4) is 0 Å². The molecule has 0 aromatic carbocycles. The van der Waals surface area contributed by atoms with Gasteiger partial charge in [0.15, 0.2) is 0 Å². The molecule has 8 heteroatoms. The van der Waals surface area contributed by atoms with E-state index in [2.05, 4.69) is 5.32 Å². The molecule has 0 saturated carbocycles. The fourth-order valence-corrected chi connectivity index (χ4v) is 3.24. The van der Waals surface area contributed by atoms with Crippen LogP contribution < -0.4 is 11.1 Å². The minimum Gasteiger partial charge on any atom is -0.480 e. The summed E-state index contributed by atoms with van der Waals surface area (Å²) in [6, 6.07) is -1.36. The van der Waals surface area contributed by atoms with Crippen molar-refractivity contribution in [3.05, 3.63) is 0 Å². The van der Waals surface area contributed by atoms with E-state index in [4.69, 9.17) is 10.8 Å². The highest BCUT2D eigenvalue weighted by atomic mass is 32.2. The zero-order valence-electron chi connectivity index (χ0n) is 14.7. The van der Waals surface area contributed by atoms with Gasteiger partial charge in [0.1, 0.15) is 6.04 Å². The summed E-state index contributed by atoms with van der Waals surface area (Å²) in [6.07, 6.45) is 3.70. The number of nitrogens with two attached hydrogens (primary N) is 1. The van der Waals surface area contributed by atoms with E-state index in [9.17, 15) is 14.4 Å². The van der Waals surface area contributed by atoms with Gasteiger partial charge in [-0.1, -0.05) is 13.8 Å². The minimum atomic E-state index is -1.02. The molecule has 1 heterocycles. The van der Waals surface area contributed by atoms with E-state index in [1.165, 1.54) is 0 Å². The molecule has 0 bridgehead atoms. The Hall–Kier alpha value is -1.28. The molecule has 2 unspecified atom stereocenters. The van der Waals surface area contributed by atoms with Gasteiger partial charge in [-0.2, -0.15) is 11.8 Å². The Labute approximate surface area is 147 Å². The number of amides is 2. The van der Waals surface area contributed by atoms with E-state index >= 15 is 0 Å². The molecule has 1 fully saturated rings. The molecule has 0 aromatic rings. The van der Waals surface area contributed by atoms with Gasteiger partial charge in [-0.25, -0.2) is 4.79 Å². The number of piperidine rings is 1. The Bertz CT molecular complexity index is 451. The zero-order valence-corrected chi connectivity index (χ0v) is 15.5. The molecular weight excluding hydrogens is 330 g/mol. The van der Waals surface area contributed by atoms with Gasteiger partial charge in [0, 0.05) is 19.0 Å². The number of nitrogens with zero attached hydrogens (tertiary/aromatic N) is 1. The number of hydrogen-bond donors (Lipinski definition) is 3. The lowest BCUT2D eigenvalue weighted by Crippen LogP contribution is -2.51. The molecule has 4 N–H and O–H groups in total. The van der Waals surface area contributed by atoms with Crippen LogP contribution in [0.4, 0.5) is 0 Å². The van der Waals surface area contributed by atoms with E-state index in [1.54, 1.807) is 30.5 Å². The number of rotatable bonds is 8. The van der Waals surface area contributed by atoms with Crippen molar-refractivity contribution in [1.82, 2.24) is 10.2 Å². The van der Waals surface area contributed by atoms with E-state index in [0.717, 1.165) is 5.75 Å². The molecule has 0 aliphatic carbocycles. The van der Waals surface area contributed by atoms with Crippen molar-refractivity contribution in [1.29, 1.82) is 0 Å². The van der Waals surface area contributed by atoms with Crippen molar-refractivity contribution < 1.29 is 19.5 Å². The van der Waals surface area contributed by atoms with Crippen molar-refractivity contribution in [2.45, 2.75) is 45.2 Å². The number of aliphatic carboxylic acids is 1. The first-order valence-corrected chi connectivity index (χ1v) is 9.73. The number of hydrogen-bond acceptors (Lipinski definition) is 5. The third-order valence-corrected chi connectivity index (χ3v) is 5.00. The number of carboxylic acid groups (broad SMARTS) is 1. The third kappa shape index (κ3) is 5.98. The summed E-state index contributed by atoms with van der Waals surface area (Å²) in [5, 5.41) is 11.8. The van der Waals surface area contributed by atoms with E-state index in [0.29, 0.717) is 32.4 Å². The number of carbonyl (C=O) groups excluding carboxylic acids is 2. The Morgan fingerprint density at radius 1 is 1.29 bits per heavy atom. The second kappa shape index (κ2) is 9.88. The standard InChI is InChI=1S/C16H29N3O4S/c1-10(2)13(16(22)23)18-14(20)11-4-7-19(8-5-11)15(21)12(17)6-9-24-3/h10-13H,4-9,17H2,1-3H3,(H,18,20)(H,22,23). The van der Waals surface area contributed by atoms with E-state index in [1.807, 2.05) is 6.26 Å². The van der Waals surface area contributed by atoms with Gasteiger partial charge in [0.2, 0.25) is 11.8 Å². The lowest BCUT2D eigenvalue weighted by atomic mass is 9.94. The average Bonchev–Trinajstić information content (AvgIpc) is 2.56. The summed E-state index contributed by atoms with van der Waals surface area (Å²) in [7, 11) is 0. The molecule has 0 radical (unpaired) electrons. The zero-order chi connectivity index (χ0) is 18.3. The van der Waals surface area contributed by atoms with Gasteiger partial charge in [0.05, 0.1) is 6.04 Å². The largest absolute Gasteiger partial charge is 0.480 e. The fourth-order valence-electron chi connectivity index (χ4n) is 2.75. The molecular formula is C16H29N3O4S. The van der Waals surface area contributed by atoms with Crippen molar-refractivity contribution >= 4 is 29.5 Å². The van der Waals surface area contributed by atoms with Crippen LogP contribution in [0.15, 0.2) is 0 Å². The summed E-state index contributed by atoms with van der Waals surface area (Å²) in [5.41, 5.74) is 5.91. The first kappa shape index (κ1) is 20.8. The molecule has 0 aromatic heterocycles. The molecule has 138 valence electrons. The number of likely N-dealkylation sites (tertiary alicyclic amines) is 1. The summed E-state index contributed by atoms with van der Waals surface area (Å²) in [5.74, 6) is -0.911. The highest BCUT2D eigenvalue weighted by molar-refractivity contribution is 7.98. The van der Waals surface area contributed by atoms with Crippen LogP contribution in [0, 0.1) is 11.8 Å². The molecule has 1 aliphatic rings. The van der Waals surface area contributed by atoms with Gasteiger partial charge in [-0.05, 0) is 37.2 Å². The Morgan fingerprint density at radius 3 is 2.33 bits per heavy atom. The van der Waals surface area contributed by atoms with Crippen LogP contribution in [0.1, 0.15) is 33.1 Å². The van der Waals surface area contributed by atoms with Crippen molar-refractivity contribution in [2.75, 3.05) is 25.1 Å². The molecule has 1 saturated heterocycles. The van der Waals surface area contributed by atoms with Gasteiger partial charge in [-0.15, -0.1) is 0 Å². The van der Waals surface area contributed by atoms with Crippen molar-refractivity contribution in [3.63, 3.8) is 0 Å². The average molecular weight is 359 g/mol. The van der Waals surface area contributed by atoms with Crippen LogP contribution in [0.25, 0.3) is 0 Å². The number of carbonyl (C=O) groups is 3. The van der Waals surface area contributed by atoms with E-state index in [-0.39, 0.29) is 23.7 Å². The summed E-state index contributed by atoms with van der Waals surface area (Å²) in [6.45, 7) is 4.50. The van der Waals surface area contributed by atoms with E-state index < -0.39 is 18.1 Å². The number of thioether (sulfide) groups is 1. The molecule has 2 amide bonds. The number of carboxylic acids is 1. The second-order valence-electron chi connectivity index (χ2n) is 6.56. The second-order valence-corrected chi connectivity index (χ2v) is 7.54. The minimum absolute atomic E-state index is 0.0616. The Balaban J connectivity index is 2.48. The predicted octanol–water partition coefficient (Wildman–Crippen LogP) is 0.531. The molecule has 1 rings (SSSR count). The molecule has 24 heavy (non-hydrogen) atoms. The highest BCUT2D eigenvalue weighted by Crippen LogP contribution is 2.19. The van der Waals surface area contributed by atoms with Gasteiger partial charge >= 0.3 is 5.97 Å². The number of nitrogens with one attached hydrogen (secondary N) is 1. The van der Waals surface area contributed by atoms with Gasteiger partial charge < -0.3 is 21.1 Å². The monoisotopic (exact) mass is 359 g/mol. The smallest absolute Gasteiger partial charge is 0.326 e. The maximum Gasteiger partial charge on any atom is 0.326 e. The van der Waals surface area contributed by atoms with Crippen LogP contribution in [0.2, 0.25) is 0 Å². The maximum absolute atomic E-state index is 12.3. The normalized spacial score (nSPS) is 18.3. The first-order valence-electron chi connectivity index (χ1n) is 8.34. The SMILES string of the molecule is CSCCC(N)C(=O)N1CCC(C(=O)NC(C(=O)O)C(C)C)CC1. The molecule has 0 spiro atoms. The Kier molecular flexibility index (Phi) is 8.55. The summed E-state index contributed by atoms with van der Waals surface area (Å²) < 4.78 is 0. The summed E-state index contributed by atoms with van der Waals surface area (Å²) in [4.78, 5) is 37.4. The lowest BCUT2D eigenvalue weighted by Gasteiger charge is -2.33. The van der Waals surface area contributed by atoms with Crippen LogP contribution >= 0.6 is 11.8 Å². The van der Waals surface area contributed by atoms with Crippen LogP contribution in [-0.2, 0) is 14.4 Å². The fraction of sp³-hybridized carbons (Fsp3) is 0.812. The first-order chi connectivity index (χ1) is 11.3. The van der Waals surface area contributed by atoms with Crippen LogP contribution in [0.5, 0.6) is 0 Å². The highest BCUT2D eigenvalue weighted by Gasteiger charge is 2.32. The van der Waals surface area contributed by atoms with Crippen molar-refractivity contribution in [2.24, 2.45) is 17.6 Å². The van der Waals surface area contributed by atoms with Crippen LogP contribution in [-0.4, -0.2) is 65.0 Å². The lowest BCUT2D eigenvalue weighted by molar-refractivity contribution is -0.144. The summed E-state index contributed by atoms with van der Waals surface area (Å²) >= 11 is 1.66. The quantitative estimate of drug-likeness (QED) is 0.583. The van der Waals surface area contributed by atoms with Gasteiger partial charge in [0.25, 0.3) is 0 Å². The van der Waals surface area contributed by atoms with Gasteiger partial charge in [-0.3, -0.25) is 9.59 Å².